The second-order valence-corrected chi connectivity index (χ2v) is 5.34. The number of guanidine groups is 1. The number of benzene rings is 1. The molecule has 0 amide bonds. The lowest BCUT2D eigenvalue weighted by Crippen LogP contribution is -2.37. The van der Waals surface area contributed by atoms with Gasteiger partial charge in [-0.25, -0.2) is 9.38 Å². The molecule has 0 saturated heterocycles. The Morgan fingerprint density at radius 1 is 1.33 bits per heavy atom. The van der Waals surface area contributed by atoms with Crippen LogP contribution in [0.2, 0.25) is 0 Å². The van der Waals surface area contributed by atoms with Gasteiger partial charge in [-0.05, 0) is 25.1 Å². The zero-order chi connectivity index (χ0) is 16.8. The summed E-state index contributed by atoms with van der Waals surface area (Å²) < 4.78 is 29.5. The van der Waals surface area contributed by atoms with Crippen LogP contribution in [0.1, 0.15) is 23.6 Å². The van der Waals surface area contributed by atoms with E-state index in [4.69, 9.17) is 13.9 Å². The number of nitrogens with one attached hydrogen (secondary N) is 2. The summed E-state index contributed by atoms with van der Waals surface area (Å²) in [6.07, 6.45) is 3.27. The van der Waals surface area contributed by atoms with Crippen molar-refractivity contribution >= 4 is 5.96 Å². The molecule has 128 valence electrons. The average molecular weight is 333 g/mol. The summed E-state index contributed by atoms with van der Waals surface area (Å²) in [6, 6.07) is 4.77. The number of aliphatic imine (C=N–C) groups is 1. The van der Waals surface area contributed by atoms with Gasteiger partial charge in [-0.3, -0.25) is 0 Å². The van der Waals surface area contributed by atoms with Crippen LogP contribution < -0.4 is 15.4 Å². The molecule has 0 unspecified atom stereocenters. The fourth-order valence-corrected chi connectivity index (χ4v) is 2.46. The predicted molar refractivity (Wildman–Crippen MR) is 87.0 cm³/mol. The zero-order valence-electron chi connectivity index (χ0n) is 13.5. The van der Waals surface area contributed by atoms with Gasteiger partial charge in [0.15, 0.2) is 12.8 Å². The summed E-state index contributed by atoms with van der Waals surface area (Å²) in [5.41, 5.74) is 2.44. The van der Waals surface area contributed by atoms with E-state index in [1.54, 1.807) is 12.5 Å². The Balaban J connectivity index is 1.70. The predicted octanol–water partition coefficient (Wildman–Crippen LogP) is 2.54. The maximum atomic E-state index is 13.8. The second-order valence-electron chi connectivity index (χ2n) is 5.34. The van der Waals surface area contributed by atoms with Gasteiger partial charge in [0.1, 0.15) is 11.6 Å². The number of nitrogens with zero attached hydrogens (tertiary/aromatic N) is 1. The lowest BCUT2D eigenvalue weighted by Gasteiger charge is -2.21. The summed E-state index contributed by atoms with van der Waals surface area (Å²) in [5, 5.41) is 6.36. The van der Waals surface area contributed by atoms with Crippen molar-refractivity contribution in [3.8, 4) is 5.75 Å². The molecule has 1 aromatic heterocycles. The van der Waals surface area contributed by atoms with E-state index >= 15 is 0 Å². The lowest BCUT2D eigenvalue weighted by molar-refractivity contribution is -0.0172. The molecule has 2 N–H and O–H groups in total. The van der Waals surface area contributed by atoms with Crippen molar-refractivity contribution < 1.29 is 18.3 Å². The van der Waals surface area contributed by atoms with Crippen molar-refractivity contribution in [1.29, 1.82) is 0 Å². The highest BCUT2D eigenvalue weighted by atomic mass is 19.1. The molecule has 0 saturated carbocycles. The van der Waals surface area contributed by atoms with E-state index in [1.165, 1.54) is 12.1 Å². The Kier molecular flexibility index (Phi) is 5.32. The van der Waals surface area contributed by atoms with Crippen molar-refractivity contribution in [3.63, 3.8) is 0 Å². The summed E-state index contributed by atoms with van der Waals surface area (Å²) >= 11 is 0. The highest BCUT2D eigenvalue weighted by Gasteiger charge is 2.17. The van der Waals surface area contributed by atoms with E-state index in [1.807, 2.05) is 13.0 Å². The Hall–Kier alpha value is -2.54. The van der Waals surface area contributed by atoms with Gasteiger partial charge in [-0.1, -0.05) is 0 Å². The topological polar surface area (TPSA) is 68.0 Å². The van der Waals surface area contributed by atoms with Crippen molar-refractivity contribution in [2.45, 2.75) is 26.6 Å². The second kappa shape index (κ2) is 7.83. The van der Waals surface area contributed by atoms with Crippen LogP contribution in [0.4, 0.5) is 4.39 Å². The molecule has 0 aliphatic carbocycles. The Morgan fingerprint density at radius 2 is 2.25 bits per heavy atom. The third-order valence-electron chi connectivity index (χ3n) is 3.54. The Morgan fingerprint density at radius 3 is 3.04 bits per heavy atom. The van der Waals surface area contributed by atoms with E-state index in [2.05, 4.69) is 15.6 Å². The first-order valence-electron chi connectivity index (χ1n) is 7.81. The van der Waals surface area contributed by atoms with Crippen LogP contribution in [-0.4, -0.2) is 19.3 Å². The van der Waals surface area contributed by atoms with E-state index in [9.17, 15) is 4.39 Å². The SMILES string of the molecule is CCNC(=NCc1ccoc1)NCc1cc(F)cc2c1OCOC2. The molecule has 3 rings (SSSR count). The van der Waals surface area contributed by atoms with E-state index in [0.717, 1.165) is 23.2 Å². The molecule has 2 heterocycles. The van der Waals surface area contributed by atoms with Crippen LogP contribution >= 0.6 is 0 Å². The van der Waals surface area contributed by atoms with Gasteiger partial charge in [-0.2, -0.15) is 0 Å². The molecule has 0 fully saturated rings. The molecule has 0 bridgehead atoms. The van der Waals surface area contributed by atoms with Crippen molar-refractivity contribution in [1.82, 2.24) is 10.6 Å². The lowest BCUT2D eigenvalue weighted by atomic mass is 10.1. The van der Waals surface area contributed by atoms with E-state index in [0.29, 0.717) is 31.4 Å². The van der Waals surface area contributed by atoms with Gasteiger partial charge in [0.2, 0.25) is 0 Å². The first-order valence-corrected chi connectivity index (χ1v) is 7.81. The minimum atomic E-state index is -0.306. The maximum absolute atomic E-state index is 13.8. The molecule has 0 atom stereocenters. The standard InChI is InChI=1S/C17H20FN3O3/c1-2-19-17(20-7-12-3-4-22-9-12)21-8-13-5-15(18)6-14-10-23-11-24-16(13)14/h3-6,9H,2,7-8,10-11H2,1H3,(H2,19,20,21). The number of hydrogen-bond donors (Lipinski definition) is 2. The monoisotopic (exact) mass is 333 g/mol. The van der Waals surface area contributed by atoms with Crippen LogP contribution in [0.15, 0.2) is 40.1 Å². The first-order chi connectivity index (χ1) is 11.8. The molecular weight excluding hydrogens is 313 g/mol. The molecule has 1 aliphatic rings. The van der Waals surface area contributed by atoms with Crippen LogP contribution in [0.5, 0.6) is 5.75 Å². The molecule has 1 aromatic carbocycles. The number of rotatable bonds is 5. The minimum Gasteiger partial charge on any atom is -0.472 e. The van der Waals surface area contributed by atoms with Gasteiger partial charge in [0, 0.05) is 29.8 Å². The minimum absolute atomic E-state index is 0.181. The quantitative estimate of drug-likeness (QED) is 0.650. The van der Waals surface area contributed by atoms with Crippen LogP contribution in [0.25, 0.3) is 0 Å². The fourth-order valence-electron chi connectivity index (χ4n) is 2.46. The molecule has 1 aliphatic heterocycles. The molecule has 6 nitrogen and oxygen atoms in total. The number of halogens is 1. The molecule has 24 heavy (non-hydrogen) atoms. The number of furan rings is 1. The number of ether oxygens (including phenoxy) is 2. The average Bonchev–Trinajstić information content (AvgIpc) is 3.10. The van der Waals surface area contributed by atoms with Crippen molar-refractivity contribution in [2.75, 3.05) is 13.3 Å². The summed E-state index contributed by atoms with van der Waals surface area (Å²) in [5.74, 6) is 1.02. The van der Waals surface area contributed by atoms with E-state index < -0.39 is 0 Å². The molecular formula is C17H20FN3O3. The fraction of sp³-hybridized carbons (Fsp3) is 0.353. The summed E-state index contributed by atoms with van der Waals surface area (Å²) in [4.78, 5) is 4.48. The third-order valence-corrected chi connectivity index (χ3v) is 3.54. The molecule has 7 heteroatoms. The Bertz CT molecular complexity index is 701. The zero-order valence-corrected chi connectivity index (χ0v) is 13.5. The third kappa shape index (κ3) is 4.05. The van der Waals surface area contributed by atoms with Crippen LogP contribution in [-0.2, 0) is 24.4 Å². The Labute approximate surface area is 139 Å². The van der Waals surface area contributed by atoms with Crippen molar-refractivity contribution in [2.24, 2.45) is 4.99 Å². The van der Waals surface area contributed by atoms with Gasteiger partial charge in [0.25, 0.3) is 0 Å². The van der Waals surface area contributed by atoms with E-state index in [-0.39, 0.29) is 12.6 Å². The van der Waals surface area contributed by atoms with Gasteiger partial charge in [0.05, 0.1) is 25.7 Å². The van der Waals surface area contributed by atoms with Crippen molar-refractivity contribution in [3.05, 3.63) is 53.2 Å². The smallest absolute Gasteiger partial charge is 0.191 e. The maximum Gasteiger partial charge on any atom is 0.191 e. The number of hydrogen-bond acceptors (Lipinski definition) is 4. The summed E-state index contributed by atoms with van der Waals surface area (Å²) in [6.45, 7) is 4.14. The van der Waals surface area contributed by atoms with Gasteiger partial charge in [-0.15, -0.1) is 0 Å². The number of fused-ring (bicyclic) bond motifs is 1. The normalized spacial score (nSPS) is 14.0. The molecule has 0 radical (unpaired) electrons. The summed E-state index contributed by atoms with van der Waals surface area (Å²) in [7, 11) is 0. The highest BCUT2D eigenvalue weighted by Crippen LogP contribution is 2.29. The van der Waals surface area contributed by atoms with Gasteiger partial charge < -0.3 is 24.5 Å². The largest absolute Gasteiger partial charge is 0.472 e. The van der Waals surface area contributed by atoms with Crippen LogP contribution in [0, 0.1) is 5.82 Å². The molecule has 0 spiro atoms. The highest BCUT2D eigenvalue weighted by molar-refractivity contribution is 5.79. The van der Waals surface area contributed by atoms with Crippen LogP contribution in [0.3, 0.4) is 0 Å². The first kappa shape index (κ1) is 16.3. The van der Waals surface area contributed by atoms with Gasteiger partial charge >= 0.3 is 0 Å². The molecule has 2 aromatic rings.